The van der Waals surface area contributed by atoms with E-state index in [-0.39, 0.29) is 10.9 Å². The molecule has 0 radical (unpaired) electrons. The van der Waals surface area contributed by atoms with Gasteiger partial charge in [0.05, 0.1) is 4.90 Å². The van der Waals surface area contributed by atoms with Crippen LogP contribution >= 0.6 is 11.8 Å². The van der Waals surface area contributed by atoms with Crippen LogP contribution in [-0.4, -0.2) is 82.7 Å². The van der Waals surface area contributed by atoms with E-state index in [1.807, 2.05) is 37.3 Å². The first-order valence-corrected chi connectivity index (χ1v) is 22.0. The molecule has 6 aromatic rings. The molecule has 1 saturated heterocycles. The van der Waals surface area contributed by atoms with Gasteiger partial charge in [-0.3, -0.25) is 9.69 Å². The maximum absolute atomic E-state index is 13.4. The van der Waals surface area contributed by atoms with Crippen LogP contribution in [0.2, 0.25) is 0 Å². The number of anilines is 2. The van der Waals surface area contributed by atoms with E-state index in [1.165, 1.54) is 32.4 Å². The molecule has 1 heterocycles. The largest absolute Gasteiger partial charge is 0.381 e. The molecule has 1 aliphatic rings. The summed E-state index contributed by atoms with van der Waals surface area (Å²) in [6, 6.07) is 46.4. The van der Waals surface area contributed by atoms with Crippen molar-refractivity contribution in [3.05, 3.63) is 156 Å². The topological polar surface area (TPSA) is 85.0 Å². The maximum Gasteiger partial charge on any atom is 0.264 e. The molecule has 57 heavy (non-hydrogen) atoms. The second kappa shape index (κ2) is 18.4. The summed E-state index contributed by atoms with van der Waals surface area (Å²) in [6.07, 6.45) is 0.930. The highest BCUT2D eigenvalue weighted by atomic mass is 32.2. The smallest absolute Gasteiger partial charge is 0.264 e. The lowest BCUT2D eigenvalue weighted by Gasteiger charge is -2.36. The van der Waals surface area contributed by atoms with Gasteiger partial charge < -0.3 is 15.1 Å². The molecule has 2 N–H and O–H groups in total. The van der Waals surface area contributed by atoms with E-state index >= 15 is 0 Å². The Labute approximate surface area is 342 Å². The summed E-state index contributed by atoms with van der Waals surface area (Å²) >= 11 is 1.80. The number of aryl methyl sites for hydroxylation is 1. The number of fused-ring (bicyclic) bond motifs is 1. The average molecular weight is 798 g/mol. The van der Waals surface area contributed by atoms with Gasteiger partial charge in [-0.25, -0.2) is 13.1 Å². The van der Waals surface area contributed by atoms with Crippen molar-refractivity contribution in [2.75, 3.05) is 62.8 Å². The van der Waals surface area contributed by atoms with Gasteiger partial charge >= 0.3 is 0 Å². The summed E-state index contributed by atoms with van der Waals surface area (Å²) in [5.41, 5.74) is 6.81. The number of hydrogen-bond acceptors (Lipinski definition) is 8. The Morgan fingerprint density at radius 3 is 2.21 bits per heavy atom. The van der Waals surface area contributed by atoms with E-state index in [2.05, 4.69) is 118 Å². The molecule has 1 amide bonds. The molecule has 0 saturated carbocycles. The number of thioether (sulfide) groups is 1. The molecule has 0 bridgehead atoms. The molecular formula is C47H51N5O3S2. The molecule has 7 rings (SSSR count). The van der Waals surface area contributed by atoms with Crippen molar-refractivity contribution in [3.63, 3.8) is 0 Å². The predicted molar refractivity (Wildman–Crippen MR) is 237 cm³/mol. The molecule has 0 aromatic heterocycles. The first kappa shape index (κ1) is 40.1. The monoisotopic (exact) mass is 797 g/mol. The van der Waals surface area contributed by atoms with E-state index < -0.39 is 15.9 Å². The van der Waals surface area contributed by atoms with Crippen LogP contribution in [0.1, 0.15) is 27.9 Å². The summed E-state index contributed by atoms with van der Waals surface area (Å²) in [6.45, 7) is 7.19. The Hall–Kier alpha value is -5.13. The van der Waals surface area contributed by atoms with Crippen LogP contribution in [0.3, 0.4) is 0 Å². The van der Waals surface area contributed by atoms with E-state index in [1.54, 1.807) is 42.1 Å². The van der Waals surface area contributed by atoms with E-state index in [4.69, 9.17) is 0 Å². The van der Waals surface area contributed by atoms with Gasteiger partial charge in [0, 0.05) is 66.4 Å². The molecule has 8 nitrogen and oxygen atoms in total. The van der Waals surface area contributed by atoms with Crippen molar-refractivity contribution in [3.8, 4) is 11.1 Å². The van der Waals surface area contributed by atoms with Gasteiger partial charge in [0.15, 0.2) is 0 Å². The van der Waals surface area contributed by atoms with Crippen LogP contribution in [0.25, 0.3) is 21.9 Å². The van der Waals surface area contributed by atoms with Crippen molar-refractivity contribution in [2.24, 2.45) is 0 Å². The van der Waals surface area contributed by atoms with Crippen LogP contribution < -0.4 is 14.9 Å². The average Bonchev–Trinajstić information content (AvgIpc) is 3.23. The summed E-state index contributed by atoms with van der Waals surface area (Å²) in [4.78, 5) is 21.5. The SMILES string of the molecule is Cc1cc(S(=O)(=O)NC(=O)c2ccc(N3CCN(Cc4ccccc4-c4cccc5ccccc45)CC3)cc2)ccc1N[C@H](CCN(C)C)CSc1ccccc1. The normalized spacial score (nSPS) is 14.1. The lowest BCUT2D eigenvalue weighted by atomic mass is 9.94. The van der Waals surface area contributed by atoms with Gasteiger partial charge in [0.2, 0.25) is 0 Å². The number of benzene rings is 6. The molecule has 0 unspecified atom stereocenters. The van der Waals surface area contributed by atoms with Crippen LogP contribution in [0.5, 0.6) is 0 Å². The minimum Gasteiger partial charge on any atom is -0.381 e. The first-order valence-electron chi connectivity index (χ1n) is 19.5. The Kier molecular flexibility index (Phi) is 13.0. The van der Waals surface area contributed by atoms with Gasteiger partial charge in [-0.05, 0) is 122 Å². The third-order valence-electron chi connectivity index (χ3n) is 10.6. The molecule has 1 atom stereocenters. The molecule has 0 spiro atoms. The van der Waals surface area contributed by atoms with Crippen molar-refractivity contribution in [1.82, 2.24) is 14.5 Å². The van der Waals surface area contributed by atoms with Gasteiger partial charge in [-0.15, -0.1) is 11.8 Å². The van der Waals surface area contributed by atoms with Crippen LogP contribution in [0.15, 0.2) is 149 Å². The van der Waals surface area contributed by atoms with Gasteiger partial charge in [-0.1, -0.05) is 84.9 Å². The second-order valence-electron chi connectivity index (χ2n) is 15.0. The number of nitrogens with zero attached hydrogens (tertiary/aromatic N) is 3. The Bertz CT molecular complexity index is 2390. The van der Waals surface area contributed by atoms with Crippen LogP contribution in [0, 0.1) is 6.92 Å². The van der Waals surface area contributed by atoms with E-state index in [9.17, 15) is 13.2 Å². The van der Waals surface area contributed by atoms with Crippen molar-refractivity contribution < 1.29 is 13.2 Å². The molecule has 6 aromatic carbocycles. The lowest BCUT2D eigenvalue weighted by molar-refractivity contribution is 0.0981. The van der Waals surface area contributed by atoms with Crippen molar-refractivity contribution in [1.29, 1.82) is 0 Å². The summed E-state index contributed by atoms with van der Waals surface area (Å²) < 4.78 is 29.1. The zero-order valence-corrected chi connectivity index (χ0v) is 34.5. The fraction of sp³-hybridized carbons (Fsp3) is 0.255. The Morgan fingerprint density at radius 1 is 0.772 bits per heavy atom. The van der Waals surface area contributed by atoms with Crippen LogP contribution in [0.4, 0.5) is 11.4 Å². The fourth-order valence-corrected chi connectivity index (χ4v) is 9.41. The van der Waals surface area contributed by atoms with Crippen molar-refractivity contribution >= 4 is 49.8 Å². The van der Waals surface area contributed by atoms with Gasteiger partial charge in [-0.2, -0.15) is 0 Å². The third kappa shape index (κ3) is 10.3. The molecule has 10 heteroatoms. The number of amides is 1. The number of piperazine rings is 1. The van der Waals surface area contributed by atoms with E-state index in [0.717, 1.165) is 68.4 Å². The highest BCUT2D eigenvalue weighted by molar-refractivity contribution is 7.99. The van der Waals surface area contributed by atoms with Gasteiger partial charge in [0.1, 0.15) is 0 Å². The van der Waals surface area contributed by atoms with Gasteiger partial charge in [0.25, 0.3) is 15.9 Å². The zero-order chi connectivity index (χ0) is 39.8. The minimum absolute atomic E-state index is 0.0524. The molecule has 1 aliphatic heterocycles. The third-order valence-corrected chi connectivity index (χ3v) is 13.1. The highest BCUT2D eigenvalue weighted by Crippen LogP contribution is 2.32. The summed E-state index contributed by atoms with van der Waals surface area (Å²) in [7, 11) is 0.0319. The summed E-state index contributed by atoms with van der Waals surface area (Å²) in [5.74, 6) is 0.211. The molecule has 0 aliphatic carbocycles. The number of sulfonamides is 1. The number of hydrogen-bond donors (Lipinski definition) is 2. The number of carbonyl (C=O) groups is 1. The lowest BCUT2D eigenvalue weighted by Crippen LogP contribution is -2.46. The molecule has 1 fully saturated rings. The number of carbonyl (C=O) groups excluding carboxylic acids is 1. The highest BCUT2D eigenvalue weighted by Gasteiger charge is 2.22. The zero-order valence-electron chi connectivity index (χ0n) is 32.9. The predicted octanol–water partition coefficient (Wildman–Crippen LogP) is 8.78. The van der Waals surface area contributed by atoms with E-state index in [0.29, 0.717) is 5.56 Å². The molecule has 294 valence electrons. The number of rotatable bonds is 15. The number of nitrogens with one attached hydrogen (secondary N) is 2. The van der Waals surface area contributed by atoms with Crippen LogP contribution in [-0.2, 0) is 16.6 Å². The Balaban J connectivity index is 0.936. The first-order chi connectivity index (χ1) is 27.6. The standard InChI is InChI=1S/C47H51N5O3S2/c1-35-32-42(24-25-46(35)48-39(26-27-50(2)3)34-56-41-15-5-4-6-16-41)57(54,55)49-47(53)37-20-22-40(23-21-37)52-30-28-51(29-31-52)33-38-13-8-10-18-44(38)45-19-11-14-36-12-7-9-17-43(36)45/h4-25,32,39,48H,26-31,33-34H2,1-3H3,(H,49,53)/t39-/m1/s1. The molecular weight excluding hydrogens is 747 g/mol. The second-order valence-corrected chi connectivity index (χ2v) is 17.7. The van der Waals surface area contributed by atoms with Crippen molar-refractivity contribution in [2.45, 2.75) is 35.7 Å². The Morgan fingerprint density at radius 2 is 1.46 bits per heavy atom. The minimum atomic E-state index is -4.09. The quantitative estimate of drug-likeness (QED) is 0.0999. The summed E-state index contributed by atoms with van der Waals surface area (Å²) in [5, 5.41) is 6.14. The maximum atomic E-state index is 13.4. The fourth-order valence-electron chi connectivity index (χ4n) is 7.36.